The summed E-state index contributed by atoms with van der Waals surface area (Å²) in [6.45, 7) is 1.89. The summed E-state index contributed by atoms with van der Waals surface area (Å²) in [5.41, 5.74) is -2.44. The van der Waals surface area contributed by atoms with E-state index >= 15 is 0 Å². The summed E-state index contributed by atoms with van der Waals surface area (Å²) in [5, 5.41) is 2.56. The Bertz CT molecular complexity index is 478. The molecular weight excluding hydrogens is 301 g/mol. The van der Waals surface area contributed by atoms with E-state index in [1.807, 2.05) is 31.2 Å². The molecule has 0 spiro atoms. The van der Waals surface area contributed by atoms with E-state index in [-0.39, 0.29) is 30.0 Å². The van der Waals surface area contributed by atoms with Crippen LogP contribution in [0.15, 0.2) is 24.3 Å². The van der Waals surface area contributed by atoms with Crippen LogP contribution in [0.3, 0.4) is 0 Å². The number of carbonyl (C=O) groups excluding carboxylic acids is 1. The fourth-order valence-corrected chi connectivity index (χ4v) is 2.42. The zero-order chi connectivity index (χ0) is 16.0. The predicted octanol–water partition coefficient (Wildman–Crippen LogP) is 2.97. The van der Waals surface area contributed by atoms with Crippen LogP contribution in [0.2, 0.25) is 0 Å². The Kier molecular flexibility index (Phi) is 6.54. The van der Waals surface area contributed by atoms with Crippen LogP contribution in [0.4, 0.5) is 13.2 Å². The number of hydrogen-bond donors (Lipinski definition) is 1. The number of hydrogen-bond acceptors (Lipinski definition) is 3. The number of thioether (sulfide) groups is 1. The van der Waals surface area contributed by atoms with Gasteiger partial charge in [-0.3, -0.25) is 9.69 Å². The number of benzene rings is 1. The summed E-state index contributed by atoms with van der Waals surface area (Å²) in [6, 6.07) is 6.96. The fourth-order valence-electron chi connectivity index (χ4n) is 1.99. The van der Waals surface area contributed by atoms with Gasteiger partial charge in [-0.1, -0.05) is 24.3 Å². The lowest BCUT2D eigenvalue weighted by Gasteiger charge is -2.25. The van der Waals surface area contributed by atoms with Crippen molar-refractivity contribution in [1.82, 2.24) is 10.2 Å². The van der Waals surface area contributed by atoms with Gasteiger partial charge in [0.15, 0.2) is 0 Å². The van der Waals surface area contributed by atoms with Gasteiger partial charge >= 0.3 is 5.51 Å². The minimum atomic E-state index is -4.26. The number of alkyl halides is 3. The molecular formula is C14H19F3N2OS. The summed E-state index contributed by atoms with van der Waals surface area (Å²) >= 11 is -0.134. The Labute approximate surface area is 126 Å². The van der Waals surface area contributed by atoms with Crippen molar-refractivity contribution in [2.45, 2.75) is 18.5 Å². The number of amides is 1. The van der Waals surface area contributed by atoms with Crippen LogP contribution in [0.5, 0.6) is 0 Å². The van der Waals surface area contributed by atoms with Gasteiger partial charge in [-0.05, 0) is 43.9 Å². The van der Waals surface area contributed by atoms with Crippen molar-refractivity contribution in [2.75, 3.05) is 26.4 Å². The van der Waals surface area contributed by atoms with Gasteiger partial charge in [0.05, 0.1) is 0 Å². The molecule has 0 bridgehead atoms. The topological polar surface area (TPSA) is 32.3 Å². The molecule has 1 aromatic rings. The summed E-state index contributed by atoms with van der Waals surface area (Å²) in [7, 11) is 3.53. The molecule has 1 N–H and O–H groups in total. The Balaban J connectivity index is 2.66. The molecule has 0 saturated carbocycles. The molecule has 1 amide bonds. The third kappa shape index (κ3) is 5.97. The van der Waals surface area contributed by atoms with E-state index in [1.54, 1.807) is 19.0 Å². The lowest BCUT2D eigenvalue weighted by atomic mass is 10.00. The van der Waals surface area contributed by atoms with E-state index in [4.69, 9.17) is 0 Å². The first-order valence-electron chi connectivity index (χ1n) is 6.42. The van der Waals surface area contributed by atoms with E-state index in [0.29, 0.717) is 0 Å². The predicted molar refractivity (Wildman–Crippen MR) is 79.1 cm³/mol. The van der Waals surface area contributed by atoms with Crippen LogP contribution in [0.1, 0.15) is 17.2 Å². The molecule has 3 nitrogen and oxygen atoms in total. The standard InChI is InChI=1S/C14H19F3N2OS/c1-10-6-4-5-7-11(10)12(19(2)3)13(20)18-8-9-21-14(15,16)17/h4-7,12H,8-9H2,1-3H3,(H,18,20)/t12-/m1/s1. The first-order valence-corrected chi connectivity index (χ1v) is 7.41. The molecule has 0 unspecified atom stereocenters. The van der Waals surface area contributed by atoms with E-state index in [2.05, 4.69) is 5.32 Å². The van der Waals surface area contributed by atoms with Crippen molar-refractivity contribution in [3.8, 4) is 0 Å². The van der Waals surface area contributed by atoms with Crippen LogP contribution >= 0.6 is 11.8 Å². The summed E-state index contributed by atoms with van der Waals surface area (Å²) in [6.07, 6.45) is 0. The highest BCUT2D eigenvalue weighted by atomic mass is 32.2. The van der Waals surface area contributed by atoms with Crippen LogP contribution in [0, 0.1) is 6.92 Å². The summed E-state index contributed by atoms with van der Waals surface area (Å²) in [4.78, 5) is 14.0. The molecule has 7 heteroatoms. The van der Waals surface area contributed by atoms with Crippen LogP contribution in [-0.4, -0.2) is 42.7 Å². The van der Waals surface area contributed by atoms with E-state index < -0.39 is 11.6 Å². The number of nitrogens with zero attached hydrogens (tertiary/aromatic N) is 1. The molecule has 1 aromatic carbocycles. The minimum absolute atomic E-state index is 0.0147. The second-order valence-corrected chi connectivity index (χ2v) is 5.97. The highest BCUT2D eigenvalue weighted by molar-refractivity contribution is 8.00. The molecule has 0 fully saturated rings. The maximum atomic E-state index is 12.2. The van der Waals surface area contributed by atoms with Crippen molar-refractivity contribution < 1.29 is 18.0 Å². The molecule has 0 aliphatic carbocycles. The maximum Gasteiger partial charge on any atom is 0.441 e. The van der Waals surface area contributed by atoms with Crippen LogP contribution in [-0.2, 0) is 4.79 Å². The summed E-state index contributed by atoms with van der Waals surface area (Å²) in [5.74, 6) is -0.486. The highest BCUT2D eigenvalue weighted by Gasteiger charge is 2.28. The monoisotopic (exact) mass is 320 g/mol. The van der Waals surface area contributed by atoms with Gasteiger partial charge in [-0.2, -0.15) is 13.2 Å². The average Bonchev–Trinajstić information content (AvgIpc) is 2.36. The second kappa shape index (κ2) is 7.70. The van der Waals surface area contributed by atoms with Gasteiger partial charge in [-0.15, -0.1) is 0 Å². The number of carbonyl (C=O) groups is 1. The quantitative estimate of drug-likeness (QED) is 0.818. The molecule has 0 aliphatic rings. The van der Waals surface area contributed by atoms with Gasteiger partial charge in [0, 0.05) is 12.3 Å². The van der Waals surface area contributed by atoms with Crippen molar-refractivity contribution in [1.29, 1.82) is 0 Å². The van der Waals surface area contributed by atoms with Gasteiger partial charge in [0.25, 0.3) is 0 Å². The Hall–Kier alpha value is -1.21. The lowest BCUT2D eigenvalue weighted by molar-refractivity contribution is -0.125. The van der Waals surface area contributed by atoms with E-state index in [1.165, 1.54) is 0 Å². The molecule has 0 radical (unpaired) electrons. The first kappa shape index (κ1) is 17.8. The maximum absolute atomic E-state index is 12.2. The minimum Gasteiger partial charge on any atom is -0.354 e. The number of likely N-dealkylation sites (N-methyl/N-ethyl adjacent to an activating group) is 1. The van der Waals surface area contributed by atoms with Crippen molar-refractivity contribution >= 4 is 17.7 Å². The number of halogens is 3. The van der Waals surface area contributed by atoms with Gasteiger partial charge in [-0.25, -0.2) is 0 Å². The molecule has 0 heterocycles. The largest absolute Gasteiger partial charge is 0.441 e. The molecule has 0 saturated heterocycles. The second-order valence-electron chi connectivity index (χ2n) is 4.81. The summed E-state index contributed by atoms with van der Waals surface area (Å²) < 4.78 is 36.1. The van der Waals surface area contributed by atoms with Crippen LogP contribution in [0.25, 0.3) is 0 Å². The van der Waals surface area contributed by atoms with Crippen molar-refractivity contribution in [3.63, 3.8) is 0 Å². The number of rotatable bonds is 6. The molecule has 0 aliphatic heterocycles. The third-order valence-corrected chi connectivity index (χ3v) is 3.65. The Morgan fingerprint density at radius 1 is 1.33 bits per heavy atom. The van der Waals surface area contributed by atoms with Gasteiger partial charge < -0.3 is 5.32 Å². The fraction of sp³-hybridized carbons (Fsp3) is 0.500. The molecule has 0 aromatic heterocycles. The average molecular weight is 320 g/mol. The smallest absolute Gasteiger partial charge is 0.354 e. The third-order valence-electron chi connectivity index (χ3n) is 2.91. The Morgan fingerprint density at radius 2 is 1.95 bits per heavy atom. The number of nitrogens with one attached hydrogen (secondary N) is 1. The van der Waals surface area contributed by atoms with Crippen molar-refractivity contribution in [2.24, 2.45) is 0 Å². The normalized spacial score (nSPS) is 13.3. The highest BCUT2D eigenvalue weighted by Crippen LogP contribution is 2.29. The molecule has 118 valence electrons. The van der Waals surface area contributed by atoms with Gasteiger partial charge in [0.2, 0.25) is 5.91 Å². The molecule has 1 rings (SSSR count). The van der Waals surface area contributed by atoms with E-state index in [9.17, 15) is 18.0 Å². The van der Waals surface area contributed by atoms with Crippen molar-refractivity contribution in [3.05, 3.63) is 35.4 Å². The zero-order valence-corrected chi connectivity index (χ0v) is 13.0. The molecule has 1 atom stereocenters. The first-order chi connectivity index (χ1) is 9.72. The van der Waals surface area contributed by atoms with Crippen LogP contribution < -0.4 is 5.32 Å². The van der Waals surface area contributed by atoms with E-state index in [0.717, 1.165) is 11.1 Å². The Morgan fingerprint density at radius 3 is 2.48 bits per heavy atom. The van der Waals surface area contributed by atoms with Gasteiger partial charge in [0.1, 0.15) is 6.04 Å². The number of aryl methyl sites for hydroxylation is 1. The lowest BCUT2D eigenvalue weighted by Crippen LogP contribution is -2.38. The zero-order valence-electron chi connectivity index (χ0n) is 12.2. The molecule has 21 heavy (non-hydrogen) atoms. The SMILES string of the molecule is Cc1ccccc1[C@H](C(=O)NCCSC(F)(F)F)N(C)C.